The van der Waals surface area contributed by atoms with Gasteiger partial charge in [-0.15, -0.1) is 13.2 Å². The molecular weight excluding hydrogens is 459 g/mol. The second-order valence-corrected chi connectivity index (χ2v) is 9.63. The molecule has 5 rings (SSSR count). The number of halogens is 3. The van der Waals surface area contributed by atoms with Crippen molar-refractivity contribution in [2.24, 2.45) is 5.92 Å². The highest BCUT2D eigenvalue weighted by atomic mass is 32.2. The molecule has 0 aliphatic carbocycles. The predicted molar refractivity (Wildman–Crippen MR) is 116 cm³/mol. The van der Waals surface area contributed by atoms with Gasteiger partial charge in [0.15, 0.2) is 0 Å². The van der Waals surface area contributed by atoms with E-state index in [9.17, 15) is 22.8 Å². The number of hydrogen-bond donors (Lipinski definition) is 4. The van der Waals surface area contributed by atoms with Crippen LogP contribution in [0.3, 0.4) is 0 Å². The summed E-state index contributed by atoms with van der Waals surface area (Å²) in [5.74, 6) is -0.654. The lowest BCUT2D eigenvalue weighted by molar-refractivity contribution is -0.274. The van der Waals surface area contributed by atoms with Crippen molar-refractivity contribution in [3.05, 3.63) is 34.9 Å². The SMILES string of the molecule is O=C(N[C@@H]1CCCNC1)C1=C2NC(=O)N(c3ccc(OC(F)(F)F)cc3)C3CCNC(S1)C23. The Morgan fingerprint density at radius 3 is 2.67 bits per heavy atom. The number of nitrogens with one attached hydrogen (secondary N) is 4. The molecule has 0 bridgehead atoms. The summed E-state index contributed by atoms with van der Waals surface area (Å²) in [6.07, 6.45) is -2.22. The van der Waals surface area contributed by atoms with Crippen LogP contribution in [-0.2, 0) is 4.79 Å². The number of hydrogen-bond acceptors (Lipinski definition) is 6. The number of urea groups is 1. The van der Waals surface area contributed by atoms with Crippen molar-refractivity contribution in [3.63, 3.8) is 0 Å². The van der Waals surface area contributed by atoms with E-state index < -0.39 is 12.4 Å². The number of thioether (sulfide) groups is 1. The van der Waals surface area contributed by atoms with Gasteiger partial charge >= 0.3 is 12.4 Å². The highest BCUT2D eigenvalue weighted by molar-refractivity contribution is 8.04. The number of amides is 3. The molecule has 0 radical (unpaired) electrons. The van der Waals surface area contributed by atoms with E-state index in [0.29, 0.717) is 29.3 Å². The molecule has 1 aromatic carbocycles. The van der Waals surface area contributed by atoms with Crippen LogP contribution in [0.4, 0.5) is 23.7 Å². The molecule has 4 atom stereocenters. The van der Waals surface area contributed by atoms with Crippen LogP contribution in [0, 0.1) is 5.92 Å². The molecule has 0 spiro atoms. The molecule has 1 aromatic rings. The van der Waals surface area contributed by atoms with Crippen LogP contribution in [0.2, 0.25) is 0 Å². The van der Waals surface area contributed by atoms with Gasteiger partial charge in [0.05, 0.1) is 16.3 Å². The molecule has 4 N–H and O–H groups in total. The van der Waals surface area contributed by atoms with Crippen molar-refractivity contribution >= 4 is 29.4 Å². The minimum absolute atomic E-state index is 0.0551. The van der Waals surface area contributed by atoms with Crippen LogP contribution < -0.4 is 30.9 Å². The highest BCUT2D eigenvalue weighted by Crippen LogP contribution is 2.48. The fourth-order valence-corrected chi connectivity index (χ4v) is 6.36. The molecule has 178 valence electrons. The Balaban J connectivity index is 1.38. The summed E-state index contributed by atoms with van der Waals surface area (Å²) in [6.45, 7) is 2.33. The molecule has 12 heteroatoms. The first-order valence-corrected chi connectivity index (χ1v) is 11.8. The normalized spacial score (nSPS) is 29.4. The van der Waals surface area contributed by atoms with Crippen LogP contribution in [0.15, 0.2) is 34.9 Å². The average Bonchev–Trinajstić information content (AvgIpc) is 3.14. The van der Waals surface area contributed by atoms with Gasteiger partial charge in [0, 0.05) is 29.9 Å². The smallest absolute Gasteiger partial charge is 0.406 e. The first-order valence-electron chi connectivity index (χ1n) is 10.9. The number of ether oxygens (including phenoxy) is 1. The van der Waals surface area contributed by atoms with Crippen molar-refractivity contribution in [2.45, 2.75) is 43.1 Å². The Morgan fingerprint density at radius 2 is 1.97 bits per heavy atom. The lowest BCUT2D eigenvalue weighted by Crippen LogP contribution is -2.62. The summed E-state index contributed by atoms with van der Waals surface area (Å²) in [6, 6.07) is 4.71. The second kappa shape index (κ2) is 8.73. The average molecular weight is 484 g/mol. The molecule has 3 saturated heterocycles. The van der Waals surface area contributed by atoms with E-state index in [4.69, 9.17) is 0 Å². The quantitative estimate of drug-likeness (QED) is 0.525. The molecule has 8 nitrogen and oxygen atoms in total. The fourth-order valence-electron chi connectivity index (χ4n) is 4.96. The standard InChI is InChI=1S/C21H24F3N5O3S/c22-21(23,24)32-13-5-3-12(4-6-13)29-14-7-9-26-19-15(14)16(28-20(29)31)17(33-19)18(30)27-11-2-1-8-25-10-11/h3-6,11,14-15,19,25-26H,1-2,7-10H2,(H,27,30)(H,28,31)/t11-,14?,15?,19?/m1/s1. The zero-order chi connectivity index (χ0) is 23.2. The van der Waals surface area contributed by atoms with Gasteiger partial charge in [-0.1, -0.05) is 11.8 Å². The van der Waals surface area contributed by atoms with Crippen molar-refractivity contribution in [2.75, 3.05) is 24.5 Å². The summed E-state index contributed by atoms with van der Waals surface area (Å²) in [5.41, 5.74) is 1.10. The minimum atomic E-state index is -4.78. The molecule has 3 amide bonds. The second-order valence-electron chi connectivity index (χ2n) is 8.48. The van der Waals surface area contributed by atoms with Gasteiger partial charge < -0.3 is 26.0 Å². The van der Waals surface area contributed by atoms with E-state index in [1.807, 2.05) is 0 Å². The molecule has 3 unspecified atom stereocenters. The number of piperidine rings is 2. The Kier molecular flexibility index (Phi) is 5.91. The van der Waals surface area contributed by atoms with Crippen molar-refractivity contribution in [1.29, 1.82) is 0 Å². The first-order chi connectivity index (χ1) is 15.8. The number of carbonyl (C=O) groups is 2. The number of alkyl halides is 3. The molecule has 4 aliphatic heterocycles. The predicted octanol–water partition coefficient (Wildman–Crippen LogP) is 2.25. The molecule has 4 aliphatic rings. The molecule has 0 aromatic heterocycles. The maximum absolute atomic E-state index is 13.1. The van der Waals surface area contributed by atoms with E-state index in [1.165, 1.54) is 36.0 Å². The maximum atomic E-state index is 13.1. The maximum Gasteiger partial charge on any atom is 0.573 e. The van der Waals surface area contributed by atoms with Gasteiger partial charge in [-0.05, 0) is 56.6 Å². The molecule has 3 fully saturated rings. The van der Waals surface area contributed by atoms with Crippen LogP contribution in [-0.4, -0.2) is 55.4 Å². The summed E-state index contributed by atoms with van der Waals surface area (Å²) >= 11 is 1.43. The first kappa shape index (κ1) is 22.4. The van der Waals surface area contributed by atoms with Crippen LogP contribution in [0.5, 0.6) is 5.75 Å². The van der Waals surface area contributed by atoms with Gasteiger partial charge in [0.2, 0.25) is 0 Å². The number of rotatable bonds is 4. The Hall–Kier alpha value is -2.44. The Bertz CT molecular complexity index is 965. The zero-order valence-electron chi connectivity index (χ0n) is 17.6. The third-order valence-corrected chi connectivity index (χ3v) is 7.68. The third kappa shape index (κ3) is 4.51. The van der Waals surface area contributed by atoms with Gasteiger partial charge in [-0.25, -0.2) is 4.79 Å². The summed E-state index contributed by atoms with van der Waals surface area (Å²) in [5, 5.41) is 12.6. The topological polar surface area (TPSA) is 94.7 Å². The van der Waals surface area contributed by atoms with Crippen LogP contribution in [0.25, 0.3) is 0 Å². The molecule has 4 heterocycles. The summed E-state index contributed by atoms with van der Waals surface area (Å²) < 4.78 is 41.4. The van der Waals surface area contributed by atoms with Crippen molar-refractivity contribution < 1.29 is 27.5 Å². The van der Waals surface area contributed by atoms with E-state index in [0.717, 1.165) is 25.9 Å². The number of anilines is 1. The number of carbonyl (C=O) groups excluding carboxylic acids is 2. The van der Waals surface area contributed by atoms with Crippen molar-refractivity contribution in [3.8, 4) is 5.75 Å². The third-order valence-electron chi connectivity index (χ3n) is 6.33. The van der Waals surface area contributed by atoms with Gasteiger partial charge in [0.25, 0.3) is 5.91 Å². The molecular formula is C21H24F3N5O3S. The summed E-state index contributed by atoms with van der Waals surface area (Å²) in [4.78, 5) is 28.3. The molecule has 33 heavy (non-hydrogen) atoms. The van der Waals surface area contributed by atoms with E-state index in [1.54, 1.807) is 4.90 Å². The van der Waals surface area contributed by atoms with E-state index >= 15 is 0 Å². The van der Waals surface area contributed by atoms with Gasteiger partial charge in [-0.3, -0.25) is 9.69 Å². The van der Waals surface area contributed by atoms with Crippen LogP contribution in [0.1, 0.15) is 19.3 Å². The lowest BCUT2D eigenvalue weighted by atomic mass is 9.86. The van der Waals surface area contributed by atoms with Crippen molar-refractivity contribution in [1.82, 2.24) is 21.3 Å². The van der Waals surface area contributed by atoms with Crippen LogP contribution >= 0.6 is 11.8 Å². The number of benzene rings is 1. The summed E-state index contributed by atoms with van der Waals surface area (Å²) in [7, 11) is 0. The lowest BCUT2D eigenvalue weighted by Gasteiger charge is -2.45. The Labute approximate surface area is 192 Å². The largest absolute Gasteiger partial charge is 0.573 e. The molecule has 0 saturated carbocycles. The fraction of sp³-hybridized carbons (Fsp3) is 0.524. The van der Waals surface area contributed by atoms with E-state index in [-0.39, 0.29) is 35.0 Å². The number of nitrogens with zero attached hydrogens (tertiary/aromatic N) is 1. The minimum Gasteiger partial charge on any atom is -0.406 e. The van der Waals surface area contributed by atoms with Gasteiger partial charge in [-0.2, -0.15) is 0 Å². The van der Waals surface area contributed by atoms with Gasteiger partial charge in [0.1, 0.15) is 5.75 Å². The highest BCUT2D eigenvalue weighted by Gasteiger charge is 2.51. The zero-order valence-corrected chi connectivity index (χ0v) is 18.4. The Morgan fingerprint density at radius 1 is 1.18 bits per heavy atom. The monoisotopic (exact) mass is 483 g/mol. The van der Waals surface area contributed by atoms with E-state index in [2.05, 4.69) is 26.0 Å².